The summed E-state index contributed by atoms with van der Waals surface area (Å²) < 4.78 is 13.2. The molecule has 3 aromatic rings. The molecule has 4 N–H and O–H groups in total. The van der Waals surface area contributed by atoms with Crippen molar-refractivity contribution in [1.29, 1.82) is 0 Å². The van der Waals surface area contributed by atoms with Gasteiger partial charge in [0.1, 0.15) is 17.9 Å². The summed E-state index contributed by atoms with van der Waals surface area (Å²) in [4.78, 5) is 40.9. The molecule has 0 radical (unpaired) electrons. The van der Waals surface area contributed by atoms with Crippen LogP contribution in [0.4, 0.5) is 4.39 Å². The van der Waals surface area contributed by atoms with E-state index in [1.165, 1.54) is 31.2 Å². The van der Waals surface area contributed by atoms with E-state index in [0.29, 0.717) is 11.3 Å². The van der Waals surface area contributed by atoms with Gasteiger partial charge in [0.25, 0.3) is 0 Å². The number of para-hydroxylation sites is 1. The van der Waals surface area contributed by atoms with Gasteiger partial charge in [0.2, 0.25) is 17.7 Å². The quantitative estimate of drug-likeness (QED) is 0.512. The Balaban J connectivity index is 1.74. The van der Waals surface area contributed by atoms with Crippen LogP contribution >= 0.6 is 0 Å². The number of aromatic nitrogens is 1. The van der Waals surface area contributed by atoms with E-state index in [9.17, 15) is 18.8 Å². The second-order valence-corrected chi connectivity index (χ2v) is 7.25. The van der Waals surface area contributed by atoms with E-state index < -0.39 is 35.6 Å². The second-order valence-electron chi connectivity index (χ2n) is 7.25. The summed E-state index contributed by atoms with van der Waals surface area (Å²) in [5.74, 6) is -2.09. The highest BCUT2D eigenvalue weighted by Gasteiger charge is 2.26. The van der Waals surface area contributed by atoms with Crippen molar-refractivity contribution in [3.8, 4) is 0 Å². The maximum atomic E-state index is 13.2. The summed E-state index contributed by atoms with van der Waals surface area (Å²) in [6.45, 7) is 1.29. The number of rotatable bonds is 8. The van der Waals surface area contributed by atoms with E-state index in [2.05, 4.69) is 15.6 Å². The van der Waals surface area contributed by atoms with Crippen LogP contribution in [0.3, 0.4) is 0 Å². The van der Waals surface area contributed by atoms with Gasteiger partial charge in [-0.1, -0.05) is 36.4 Å². The van der Waals surface area contributed by atoms with E-state index in [0.717, 1.165) is 10.9 Å². The molecule has 3 amide bonds. The number of pyridine rings is 1. The maximum Gasteiger partial charge on any atom is 0.243 e. The lowest BCUT2D eigenvalue weighted by molar-refractivity contribution is -0.130. The summed E-state index contributed by atoms with van der Waals surface area (Å²) in [6, 6.07) is 14.8. The van der Waals surface area contributed by atoms with Crippen molar-refractivity contribution in [1.82, 2.24) is 15.6 Å². The van der Waals surface area contributed by atoms with Crippen LogP contribution in [0.1, 0.15) is 18.2 Å². The lowest BCUT2D eigenvalue weighted by Crippen LogP contribution is -2.54. The van der Waals surface area contributed by atoms with E-state index in [-0.39, 0.29) is 12.8 Å². The molecule has 2 aromatic carbocycles. The molecule has 0 bridgehead atoms. The van der Waals surface area contributed by atoms with Gasteiger partial charge in [0.05, 0.1) is 5.52 Å². The van der Waals surface area contributed by atoms with Gasteiger partial charge in [0.15, 0.2) is 0 Å². The third-order valence-electron chi connectivity index (χ3n) is 4.78. The van der Waals surface area contributed by atoms with E-state index in [1.807, 2.05) is 30.3 Å². The van der Waals surface area contributed by atoms with Crippen LogP contribution in [0.25, 0.3) is 10.9 Å². The molecule has 0 aliphatic carbocycles. The number of nitrogens with one attached hydrogen (secondary N) is 2. The van der Waals surface area contributed by atoms with Crippen molar-refractivity contribution in [2.24, 2.45) is 5.73 Å². The highest BCUT2D eigenvalue weighted by molar-refractivity contribution is 5.91. The fourth-order valence-electron chi connectivity index (χ4n) is 3.24. The van der Waals surface area contributed by atoms with Crippen molar-refractivity contribution in [3.05, 3.63) is 77.7 Å². The molecule has 0 aliphatic heterocycles. The largest absolute Gasteiger partial charge is 0.368 e. The van der Waals surface area contributed by atoms with Crippen LogP contribution in [-0.4, -0.2) is 34.8 Å². The van der Waals surface area contributed by atoms with Crippen molar-refractivity contribution >= 4 is 28.6 Å². The number of benzene rings is 2. The minimum Gasteiger partial charge on any atom is -0.368 e. The van der Waals surface area contributed by atoms with Crippen LogP contribution in [0.15, 0.2) is 60.7 Å². The normalized spacial score (nSPS) is 12.7. The van der Waals surface area contributed by atoms with Crippen LogP contribution in [0, 0.1) is 5.82 Å². The summed E-state index contributed by atoms with van der Waals surface area (Å²) in [7, 11) is 0. The lowest BCUT2D eigenvalue weighted by atomic mass is 10.0. The third kappa shape index (κ3) is 6.08. The van der Waals surface area contributed by atoms with Crippen molar-refractivity contribution in [2.45, 2.75) is 31.8 Å². The van der Waals surface area contributed by atoms with Gasteiger partial charge in [-0.25, -0.2) is 4.39 Å². The number of carbonyl (C=O) groups is 3. The molecule has 0 saturated carbocycles. The zero-order valence-electron chi connectivity index (χ0n) is 17.0. The van der Waals surface area contributed by atoms with Crippen LogP contribution in [0.2, 0.25) is 0 Å². The zero-order valence-corrected chi connectivity index (χ0v) is 17.0. The molecule has 160 valence electrons. The minimum atomic E-state index is -1.01. The monoisotopic (exact) mass is 422 g/mol. The number of fused-ring (bicyclic) bond motifs is 1. The molecule has 0 spiro atoms. The molecule has 0 saturated heterocycles. The molecule has 1 heterocycles. The second kappa shape index (κ2) is 9.80. The first-order chi connectivity index (χ1) is 14.8. The number of nitrogens with two attached hydrogens (primary N) is 1. The Morgan fingerprint density at radius 2 is 1.65 bits per heavy atom. The molecule has 0 fully saturated rings. The first kappa shape index (κ1) is 21.9. The Morgan fingerprint density at radius 1 is 0.935 bits per heavy atom. The molecule has 1 aromatic heterocycles. The average Bonchev–Trinajstić information content (AvgIpc) is 2.73. The maximum absolute atomic E-state index is 13.2. The van der Waals surface area contributed by atoms with Crippen molar-refractivity contribution < 1.29 is 18.8 Å². The summed E-state index contributed by atoms with van der Waals surface area (Å²) in [6.07, 6.45) is 0.237. The van der Waals surface area contributed by atoms with Crippen molar-refractivity contribution in [2.75, 3.05) is 0 Å². The van der Waals surface area contributed by atoms with Gasteiger partial charge in [-0.3, -0.25) is 19.4 Å². The molecular formula is C23H23FN4O3. The smallest absolute Gasteiger partial charge is 0.243 e. The Morgan fingerprint density at radius 3 is 2.32 bits per heavy atom. The van der Waals surface area contributed by atoms with Crippen LogP contribution in [-0.2, 0) is 27.2 Å². The fourth-order valence-corrected chi connectivity index (χ4v) is 3.24. The highest BCUT2D eigenvalue weighted by atomic mass is 19.1. The number of halogens is 1. The number of amides is 3. The van der Waals surface area contributed by atoms with Gasteiger partial charge in [-0.15, -0.1) is 0 Å². The Bertz CT molecular complexity index is 1100. The summed E-state index contributed by atoms with van der Waals surface area (Å²) in [5.41, 5.74) is 7.52. The molecule has 8 heteroatoms. The minimum absolute atomic E-state index is 0.106. The van der Waals surface area contributed by atoms with E-state index in [4.69, 9.17) is 5.73 Å². The fraction of sp³-hybridized carbons (Fsp3) is 0.217. The molecular weight excluding hydrogens is 399 g/mol. The van der Waals surface area contributed by atoms with E-state index >= 15 is 0 Å². The van der Waals surface area contributed by atoms with Gasteiger partial charge < -0.3 is 16.4 Å². The Hall–Kier alpha value is -3.81. The lowest BCUT2D eigenvalue weighted by Gasteiger charge is -2.21. The number of nitrogens with zero attached hydrogens (tertiary/aromatic N) is 1. The summed E-state index contributed by atoms with van der Waals surface area (Å²) >= 11 is 0. The van der Waals surface area contributed by atoms with E-state index in [1.54, 1.807) is 6.07 Å². The van der Waals surface area contributed by atoms with Gasteiger partial charge in [0, 0.05) is 30.8 Å². The van der Waals surface area contributed by atoms with Crippen molar-refractivity contribution in [3.63, 3.8) is 0 Å². The van der Waals surface area contributed by atoms with Crippen LogP contribution in [0.5, 0.6) is 0 Å². The summed E-state index contributed by atoms with van der Waals surface area (Å²) in [5, 5.41) is 6.13. The van der Waals surface area contributed by atoms with Crippen LogP contribution < -0.4 is 16.4 Å². The topological polar surface area (TPSA) is 114 Å². The predicted octanol–water partition coefficient (Wildman–Crippen LogP) is 1.63. The van der Waals surface area contributed by atoms with Gasteiger partial charge >= 0.3 is 0 Å². The first-order valence-corrected chi connectivity index (χ1v) is 9.77. The third-order valence-corrected chi connectivity index (χ3v) is 4.78. The predicted molar refractivity (Wildman–Crippen MR) is 114 cm³/mol. The Labute approximate surface area is 178 Å². The average molecular weight is 422 g/mol. The van der Waals surface area contributed by atoms with Gasteiger partial charge in [-0.2, -0.15) is 0 Å². The molecule has 7 nitrogen and oxygen atoms in total. The standard InChI is InChI=1S/C23H23FN4O3/c1-14(29)26-21(12-15-6-9-17(24)10-7-15)23(31)28-20(22(25)30)13-18-11-8-16-4-2-3-5-19(16)27-18/h2-11,20-21H,12-13H2,1H3,(H2,25,30)(H,26,29)(H,28,31)/t20-,21-/m0/s1. The SMILES string of the molecule is CC(=O)N[C@@H](Cc1ccc(F)cc1)C(=O)N[C@@H](Cc1ccc2ccccc2n1)C(N)=O. The molecule has 2 atom stereocenters. The number of hydrogen-bond acceptors (Lipinski definition) is 4. The Kier molecular flexibility index (Phi) is 6.92. The van der Waals surface area contributed by atoms with Gasteiger partial charge in [-0.05, 0) is 29.8 Å². The first-order valence-electron chi connectivity index (χ1n) is 9.77. The zero-order chi connectivity index (χ0) is 22.4. The molecule has 0 aliphatic rings. The number of primary amides is 1. The number of hydrogen-bond donors (Lipinski definition) is 3. The molecule has 0 unspecified atom stereocenters. The highest BCUT2D eigenvalue weighted by Crippen LogP contribution is 2.13. The number of carbonyl (C=O) groups excluding carboxylic acids is 3. The molecule has 31 heavy (non-hydrogen) atoms. The molecule has 3 rings (SSSR count).